The molecule has 74 valence electrons. The van der Waals surface area contributed by atoms with Crippen LogP contribution in [0.1, 0.15) is 13.3 Å². The number of hydrogen-bond acceptors (Lipinski definition) is 1. The molecule has 0 radical (unpaired) electrons. The minimum Gasteiger partial charge on any atom is -0.375 e. The molecule has 0 bridgehead atoms. The normalized spacial score (nSPS) is 16.5. The standard InChI is InChI=1S/C7H12F4O/c1-2-12-5(3-4-8)6(9)7(10)11/h5-7H,2-4H2,1H3. The van der Waals surface area contributed by atoms with Crippen molar-refractivity contribution in [2.75, 3.05) is 13.3 Å². The van der Waals surface area contributed by atoms with Gasteiger partial charge in [0, 0.05) is 13.0 Å². The Hall–Kier alpha value is -0.320. The zero-order chi connectivity index (χ0) is 9.56. The SMILES string of the molecule is CCOC(CCF)C(F)C(F)F. The second-order valence-corrected chi connectivity index (χ2v) is 2.25. The highest BCUT2D eigenvalue weighted by molar-refractivity contribution is 4.71. The van der Waals surface area contributed by atoms with Crippen LogP contribution >= 0.6 is 0 Å². The van der Waals surface area contributed by atoms with Gasteiger partial charge in [-0.3, -0.25) is 4.39 Å². The number of hydrogen-bond donors (Lipinski definition) is 0. The second-order valence-electron chi connectivity index (χ2n) is 2.25. The van der Waals surface area contributed by atoms with Crippen LogP contribution in [0.2, 0.25) is 0 Å². The molecule has 0 rings (SSSR count). The summed E-state index contributed by atoms with van der Waals surface area (Å²) in [5.74, 6) is 0. The molecule has 0 aliphatic rings. The minimum atomic E-state index is -3.10. The molecule has 2 atom stereocenters. The van der Waals surface area contributed by atoms with E-state index in [0.717, 1.165) is 0 Å². The van der Waals surface area contributed by atoms with Gasteiger partial charge in [0.1, 0.15) is 0 Å². The first-order valence-corrected chi connectivity index (χ1v) is 3.73. The average Bonchev–Trinajstić information content (AvgIpc) is 2.03. The highest BCUT2D eigenvalue weighted by atomic mass is 19.3. The van der Waals surface area contributed by atoms with E-state index in [2.05, 4.69) is 4.74 Å². The van der Waals surface area contributed by atoms with E-state index in [-0.39, 0.29) is 13.0 Å². The molecule has 0 aromatic heterocycles. The first kappa shape index (κ1) is 11.7. The summed E-state index contributed by atoms with van der Waals surface area (Å²) in [7, 11) is 0. The summed E-state index contributed by atoms with van der Waals surface area (Å²) >= 11 is 0. The lowest BCUT2D eigenvalue weighted by Crippen LogP contribution is -2.31. The van der Waals surface area contributed by atoms with Crippen molar-refractivity contribution in [3.8, 4) is 0 Å². The fourth-order valence-electron chi connectivity index (χ4n) is 0.818. The predicted molar refractivity (Wildman–Crippen MR) is 36.9 cm³/mol. The molecular weight excluding hydrogens is 176 g/mol. The maximum atomic E-state index is 12.5. The Balaban J connectivity index is 3.89. The smallest absolute Gasteiger partial charge is 0.271 e. The lowest BCUT2D eigenvalue weighted by atomic mass is 10.2. The Bertz CT molecular complexity index is 104. The summed E-state index contributed by atoms with van der Waals surface area (Å²) in [6.45, 7) is 0.805. The average molecular weight is 188 g/mol. The summed E-state index contributed by atoms with van der Waals surface area (Å²) in [5.41, 5.74) is 0. The molecule has 0 fully saturated rings. The fraction of sp³-hybridized carbons (Fsp3) is 1.00. The molecule has 0 aromatic carbocycles. The number of rotatable bonds is 6. The van der Waals surface area contributed by atoms with Gasteiger partial charge in [-0.2, -0.15) is 0 Å². The highest BCUT2D eigenvalue weighted by Gasteiger charge is 2.29. The van der Waals surface area contributed by atoms with Gasteiger partial charge in [0.2, 0.25) is 0 Å². The topological polar surface area (TPSA) is 9.23 Å². The van der Waals surface area contributed by atoms with E-state index in [4.69, 9.17) is 0 Å². The third-order valence-corrected chi connectivity index (χ3v) is 1.37. The summed E-state index contributed by atoms with van der Waals surface area (Å²) < 4.78 is 52.3. The van der Waals surface area contributed by atoms with Crippen LogP contribution in [0.25, 0.3) is 0 Å². The number of halogens is 4. The molecule has 0 aromatic rings. The van der Waals surface area contributed by atoms with Gasteiger partial charge in [0.15, 0.2) is 6.17 Å². The van der Waals surface area contributed by atoms with Gasteiger partial charge in [-0.15, -0.1) is 0 Å². The van der Waals surface area contributed by atoms with Crippen molar-refractivity contribution >= 4 is 0 Å². The fourth-order valence-corrected chi connectivity index (χ4v) is 0.818. The van der Waals surface area contributed by atoms with Crippen LogP contribution in [0.4, 0.5) is 17.6 Å². The Labute approximate surface area is 68.7 Å². The van der Waals surface area contributed by atoms with Gasteiger partial charge >= 0.3 is 0 Å². The lowest BCUT2D eigenvalue weighted by molar-refractivity contribution is -0.0664. The molecule has 5 heteroatoms. The molecule has 0 saturated heterocycles. The van der Waals surface area contributed by atoms with Crippen LogP contribution in [0, 0.1) is 0 Å². The monoisotopic (exact) mass is 188 g/mol. The Morgan fingerprint density at radius 3 is 2.17 bits per heavy atom. The first-order chi connectivity index (χ1) is 5.63. The van der Waals surface area contributed by atoms with E-state index >= 15 is 0 Å². The third kappa shape index (κ3) is 3.90. The van der Waals surface area contributed by atoms with Crippen LogP contribution < -0.4 is 0 Å². The molecule has 0 heterocycles. The maximum absolute atomic E-state index is 12.5. The van der Waals surface area contributed by atoms with Crippen molar-refractivity contribution in [2.45, 2.75) is 32.0 Å². The van der Waals surface area contributed by atoms with Gasteiger partial charge in [-0.1, -0.05) is 0 Å². The maximum Gasteiger partial charge on any atom is 0.271 e. The molecule has 0 aliphatic heterocycles. The Morgan fingerprint density at radius 2 is 1.83 bits per heavy atom. The molecule has 1 nitrogen and oxygen atoms in total. The molecule has 0 N–H and O–H groups in total. The lowest BCUT2D eigenvalue weighted by Gasteiger charge is -2.18. The third-order valence-electron chi connectivity index (χ3n) is 1.37. The van der Waals surface area contributed by atoms with E-state index in [1.807, 2.05) is 0 Å². The van der Waals surface area contributed by atoms with Gasteiger partial charge in [0.05, 0.1) is 12.8 Å². The van der Waals surface area contributed by atoms with Crippen LogP contribution in [0.15, 0.2) is 0 Å². The second kappa shape index (κ2) is 6.22. The van der Waals surface area contributed by atoms with Crippen molar-refractivity contribution in [2.24, 2.45) is 0 Å². The summed E-state index contributed by atoms with van der Waals surface area (Å²) in [6.07, 6.45) is -7.13. The minimum absolute atomic E-state index is 0.109. The van der Waals surface area contributed by atoms with E-state index in [1.165, 1.54) is 0 Å². The van der Waals surface area contributed by atoms with Crippen molar-refractivity contribution in [1.82, 2.24) is 0 Å². The molecular formula is C7H12F4O. The van der Waals surface area contributed by atoms with Gasteiger partial charge < -0.3 is 4.74 Å². The van der Waals surface area contributed by atoms with Gasteiger partial charge in [-0.25, -0.2) is 13.2 Å². The molecule has 0 spiro atoms. The Morgan fingerprint density at radius 1 is 1.25 bits per heavy atom. The largest absolute Gasteiger partial charge is 0.375 e. The molecule has 0 saturated carbocycles. The summed E-state index contributed by atoms with van der Waals surface area (Å²) in [4.78, 5) is 0. The molecule has 2 unspecified atom stereocenters. The van der Waals surface area contributed by atoms with E-state index in [0.29, 0.717) is 0 Å². The van der Waals surface area contributed by atoms with Crippen molar-refractivity contribution in [3.05, 3.63) is 0 Å². The summed E-state index contributed by atoms with van der Waals surface area (Å²) in [6, 6.07) is 0. The zero-order valence-electron chi connectivity index (χ0n) is 6.77. The Kier molecular flexibility index (Phi) is 6.06. The van der Waals surface area contributed by atoms with Crippen molar-refractivity contribution in [3.63, 3.8) is 0 Å². The van der Waals surface area contributed by atoms with Gasteiger partial charge in [0.25, 0.3) is 6.43 Å². The van der Waals surface area contributed by atoms with Crippen LogP contribution in [-0.2, 0) is 4.74 Å². The van der Waals surface area contributed by atoms with Gasteiger partial charge in [-0.05, 0) is 6.92 Å². The highest BCUT2D eigenvalue weighted by Crippen LogP contribution is 2.16. The van der Waals surface area contributed by atoms with E-state index in [1.54, 1.807) is 6.92 Å². The summed E-state index contributed by atoms with van der Waals surface area (Å²) in [5, 5.41) is 0. The quantitative estimate of drug-likeness (QED) is 0.581. The number of ether oxygens (including phenoxy) is 1. The van der Waals surface area contributed by atoms with Crippen molar-refractivity contribution in [1.29, 1.82) is 0 Å². The van der Waals surface area contributed by atoms with Crippen molar-refractivity contribution < 1.29 is 22.3 Å². The molecule has 0 aliphatic carbocycles. The zero-order valence-corrected chi connectivity index (χ0v) is 6.77. The predicted octanol–water partition coefficient (Wildman–Crippen LogP) is 2.35. The molecule has 0 amide bonds. The molecule has 12 heavy (non-hydrogen) atoms. The number of alkyl halides is 4. The first-order valence-electron chi connectivity index (χ1n) is 3.73. The van der Waals surface area contributed by atoms with Crippen LogP contribution in [0.3, 0.4) is 0 Å². The van der Waals surface area contributed by atoms with E-state index < -0.39 is 25.4 Å². The van der Waals surface area contributed by atoms with Crippen LogP contribution in [-0.4, -0.2) is 32.0 Å². The van der Waals surface area contributed by atoms with Crippen LogP contribution in [0.5, 0.6) is 0 Å². The van der Waals surface area contributed by atoms with E-state index in [9.17, 15) is 17.6 Å².